The molecule has 134 valence electrons. The Bertz CT molecular complexity index is 1060. The number of hydrogen-bond acceptors (Lipinski definition) is 4. The molecule has 1 atom stereocenters. The highest BCUT2D eigenvalue weighted by atomic mass is 16.6. The number of hydrogen-bond donors (Lipinski definition) is 1. The Kier molecular flexibility index (Phi) is 3.70. The Hall–Kier alpha value is -3.67. The number of carbonyl (C=O) groups excluding carboxylic acids is 1. The van der Waals surface area contributed by atoms with Crippen LogP contribution in [-0.4, -0.2) is 23.0 Å². The lowest BCUT2D eigenvalue weighted by Crippen LogP contribution is -2.40. The summed E-state index contributed by atoms with van der Waals surface area (Å²) in [5, 5.41) is 21.3. The molecule has 1 aliphatic rings. The van der Waals surface area contributed by atoms with Crippen molar-refractivity contribution in [2.24, 2.45) is 0 Å². The first-order valence-corrected chi connectivity index (χ1v) is 8.39. The van der Waals surface area contributed by atoms with E-state index in [0.29, 0.717) is 11.1 Å². The van der Waals surface area contributed by atoms with Crippen LogP contribution in [0.3, 0.4) is 0 Å². The minimum absolute atomic E-state index is 0.199. The van der Waals surface area contributed by atoms with Crippen LogP contribution in [0.2, 0.25) is 0 Å². The Labute approximate surface area is 155 Å². The first kappa shape index (κ1) is 16.8. The second-order valence-electron chi connectivity index (χ2n) is 6.46. The van der Waals surface area contributed by atoms with Crippen LogP contribution in [0.5, 0.6) is 5.75 Å². The molecule has 6 heteroatoms. The first-order chi connectivity index (χ1) is 13.0. The standard InChI is InChI=1S/C21H16N2O4/c1-22-17-10-6-5-9-16(17)21(20(22)25,14-7-3-2-4-8-14)15-11-12-19(24)18(13-15)23(26)27/h2-13,24H,1H3. The molecule has 6 nitrogen and oxygen atoms in total. The maximum atomic E-state index is 13.5. The summed E-state index contributed by atoms with van der Waals surface area (Å²) in [7, 11) is 1.70. The SMILES string of the molecule is CN1C(=O)C(c2ccccc2)(c2ccc(O)c([N+](=O)[O-])c2)c2ccccc21. The van der Waals surface area contributed by atoms with E-state index in [4.69, 9.17) is 0 Å². The van der Waals surface area contributed by atoms with E-state index in [1.165, 1.54) is 12.1 Å². The quantitative estimate of drug-likeness (QED) is 0.571. The third-order valence-corrected chi connectivity index (χ3v) is 5.11. The maximum Gasteiger partial charge on any atom is 0.311 e. The van der Waals surface area contributed by atoms with Gasteiger partial charge in [-0.25, -0.2) is 0 Å². The number of aromatic hydroxyl groups is 1. The molecule has 0 saturated heterocycles. The molecule has 0 spiro atoms. The fourth-order valence-corrected chi connectivity index (χ4v) is 3.88. The number of phenols is 1. The van der Waals surface area contributed by atoms with Gasteiger partial charge >= 0.3 is 5.69 Å². The van der Waals surface area contributed by atoms with E-state index in [9.17, 15) is 20.0 Å². The molecule has 3 aromatic carbocycles. The van der Waals surface area contributed by atoms with Gasteiger partial charge in [-0.15, -0.1) is 0 Å². The van der Waals surface area contributed by atoms with Crippen LogP contribution in [-0.2, 0) is 10.2 Å². The minimum Gasteiger partial charge on any atom is -0.502 e. The molecule has 3 aromatic rings. The van der Waals surface area contributed by atoms with E-state index >= 15 is 0 Å². The normalized spacial score (nSPS) is 18.4. The van der Waals surface area contributed by atoms with E-state index < -0.39 is 21.8 Å². The number of amides is 1. The molecule has 4 rings (SSSR count). The molecule has 0 radical (unpaired) electrons. The van der Waals surface area contributed by atoms with Crippen molar-refractivity contribution < 1.29 is 14.8 Å². The lowest BCUT2D eigenvalue weighted by Gasteiger charge is -2.29. The second-order valence-corrected chi connectivity index (χ2v) is 6.46. The zero-order chi connectivity index (χ0) is 19.2. The lowest BCUT2D eigenvalue weighted by molar-refractivity contribution is -0.385. The largest absolute Gasteiger partial charge is 0.502 e. The molecule has 0 saturated carbocycles. The molecule has 27 heavy (non-hydrogen) atoms. The predicted octanol–water partition coefficient (Wildman–Crippen LogP) is 3.61. The van der Waals surface area contributed by atoms with E-state index in [1.54, 1.807) is 18.0 Å². The van der Waals surface area contributed by atoms with Crippen molar-refractivity contribution in [3.05, 3.63) is 99.6 Å². The van der Waals surface area contributed by atoms with E-state index in [1.807, 2.05) is 54.6 Å². The van der Waals surface area contributed by atoms with Crippen LogP contribution in [0.15, 0.2) is 72.8 Å². The average molecular weight is 360 g/mol. The minimum atomic E-state index is -1.22. The number of likely N-dealkylation sites (N-methyl/N-ethyl adjacent to an activating group) is 1. The number of nitro benzene ring substituents is 1. The van der Waals surface area contributed by atoms with Crippen LogP contribution in [0.4, 0.5) is 11.4 Å². The van der Waals surface area contributed by atoms with Crippen molar-refractivity contribution in [1.82, 2.24) is 0 Å². The van der Waals surface area contributed by atoms with Crippen molar-refractivity contribution in [1.29, 1.82) is 0 Å². The van der Waals surface area contributed by atoms with Gasteiger partial charge in [0.05, 0.1) is 4.92 Å². The Morgan fingerprint density at radius 2 is 1.63 bits per heavy atom. The number of carbonyl (C=O) groups is 1. The zero-order valence-electron chi connectivity index (χ0n) is 14.5. The van der Waals surface area contributed by atoms with Crippen LogP contribution < -0.4 is 4.90 Å². The van der Waals surface area contributed by atoms with Crippen LogP contribution >= 0.6 is 0 Å². The summed E-state index contributed by atoms with van der Waals surface area (Å²) >= 11 is 0. The third kappa shape index (κ3) is 2.23. The third-order valence-electron chi connectivity index (χ3n) is 5.11. The van der Waals surface area contributed by atoms with Crippen LogP contribution in [0, 0.1) is 10.1 Å². The molecule has 1 amide bonds. The van der Waals surface area contributed by atoms with Gasteiger partial charge < -0.3 is 10.0 Å². The summed E-state index contributed by atoms with van der Waals surface area (Å²) in [6, 6.07) is 20.7. The Morgan fingerprint density at radius 3 is 2.33 bits per heavy atom. The fraction of sp³-hybridized carbons (Fsp3) is 0.0952. The second kappa shape index (κ2) is 5.95. The summed E-state index contributed by atoms with van der Waals surface area (Å²) in [5.74, 6) is -0.631. The summed E-state index contributed by atoms with van der Waals surface area (Å²) in [4.78, 5) is 25.8. The molecule has 0 bridgehead atoms. The molecular formula is C21H16N2O4. The van der Waals surface area contributed by atoms with Gasteiger partial charge in [0.1, 0.15) is 5.41 Å². The van der Waals surface area contributed by atoms with Gasteiger partial charge in [0.15, 0.2) is 5.75 Å². The molecular weight excluding hydrogens is 344 g/mol. The number of phenolic OH excluding ortho intramolecular Hbond substituents is 1. The number of rotatable bonds is 3. The summed E-state index contributed by atoms with van der Waals surface area (Å²) in [5.41, 5.74) is 1.02. The number of nitrogens with zero attached hydrogens (tertiary/aromatic N) is 2. The summed E-state index contributed by atoms with van der Waals surface area (Å²) < 4.78 is 0. The molecule has 0 aromatic heterocycles. The van der Waals surface area contributed by atoms with Crippen LogP contribution in [0.1, 0.15) is 16.7 Å². The van der Waals surface area contributed by atoms with Gasteiger partial charge in [0.2, 0.25) is 5.91 Å². The van der Waals surface area contributed by atoms with Gasteiger partial charge in [-0.2, -0.15) is 0 Å². The van der Waals surface area contributed by atoms with Gasteiger partial charge in [0, 0.05) is 24.4 Å². The van der Waals surface area contributed by atoms with E-state index in [0.717, 1.165) is 11.3 Å². The number of nitro groups is 1. The number of anilines is 1. The number of benzene rings is 3. The Morgan fingerprint density at radius 1 is 0.963 bits per heavy atom. The molecule has 1 unspecified atom stereocenters. The predicted molar refractivity (Wildman–Crippen MR) is 101 cm³/mol. The molecule has 0 aliphatic carbocycles. The summed E-state index contributed by atoms with van der Waals surface area (Å²) in [6.07, 6.45) is 0. The van der Waals surface area contributed by atoms with Crippen molar-refractivity contribution >= 4 is 17.3 Å². The maximum absolute atomic E-state index is 13.5. The monoisotopic (exact) mass is 360 g/mol. The lowest BCUT2D eigenvalue weighted by atomic mass is 9.70. The highest BCUT2D eigenvalue weighted by Crippen LogP contribution is 2.50. The van der Waals surface area contributed by atoms with Crippen LogP contribution in [0.25, 0.3) is 0 Å². The van der Waals surface area contributed by atoms with Gasteiger partial charge in [0.25, 0.3) is 0 Å². The topological polar surface area (TPSA) is 83.7 Å². The van der Waals surface area contributed by atoms with Gasteiger partial charge in [-0.3, -0.25) is 14.9 Å². The highest BCUT2D eigenvalue weighted by molar-refractivity contribution is 6.12. The van der Waals surface area contributed by atoms with Gasteiger partial charge in [-0.05, 0) is 23.3 Å². The smallest absolute Gasteiger partial charge is 0.311 e. The Balaban J connectivity index is 2.11. The van der Waals surface area contributed by atoms with Crippen molar-refractivity contribution in [2.75, 3.05) is 11.9 Å². The van der Waals surface area contributed by atoms with E-state index in [2.05, 4.69) is 0 Å². The highest BCUT2D eigenvalue weighted by Gasteiger charge is 2.52. The average Bonchev–Trinajstić information content (AvgIpc) is 2.91. The zero-order valence-corrected chi connectivity index (χ0v) is 14.5. The fourth-order valence-electron chi connectivity index (χ4n) is 3.88. The van der Waals surface area contributed by atoms with Crippen molar-refractivity contribution in [3.63, 3.8) is 0 Å². The summed E-state index contributed by atoms with van der Waals surface area (Å²) in [6.45, 7) is 0. The number of para-hydroxylation sites is 1. The molecule has 1 N–H and O–H groups in total. The molecule has 1 aliphatic heterocycles. The molecule has 1 heterocycles. The van der Waals surface area contributed by atoms with Crippen molar-refractivity contribution in [3.8, 4) is 5.75 Å². The van der Waals surface area contributed by atoms with Crippen molar-refractivity contribution in [2.45, 2.75) is 5.41 Å². The van der Waals surface area contributed by atoms with Gasteiger partial charge in [-0.1, -0.05) is 54.6 Å². The number of fused-ring (bicyclic) bond motifs is 1. The molecule has 0 fully saturated rings. The first-order valence-electron chi connectivity index (χ1n) is 8.39. The van der Waals surface area contributed by atoms with E-state index in [-0.39, 0.29) is 5.91 Å².